The summed E-state index contributed by atoms with van der Waals surface area (Å²) in [7, 11) is 0. The second kappa shape index (κ2) is 5.99. The minimum Gasteiger partial charge on any atom is -0.398 e. The van der Waals surface area contributed by atoms with E-state index in [0.29, 0.717) is 29.8 Å². The molecule has 2 aromatic carbocycles. The maximum Gasteiger partial charge on any atom is 0.265 e. The molecule has 1 amide bonds. The Morgan fingerprint density at radius 2 is 1.83 bits per heavy atom. The monoisotopic (exact) mass is 316 g/mol. The van der Waals surface area contributed by atoms with Gasteiger partial charge in [0.05, 0.1) is 6.54 Å². The number of halogens is 2. The van der Waals surface area contributed by atoms with Crippen molar-refractivity contribution < 1.29 is 13.6 Å². The van der Waals surface area contributed by atoms with Gasteiger partial charge in [-0.15, -0.1) is 0 Å². The van der Waals surface area contributed by atoms with E-state index in [2.05, 4.69) is 0 Å². The fourth-order valence-electron chi connectivity index (χ4n) is 2.98. The second-order valence-corrected chi connectivity index (χ2v) is 5.82. The van der Waals surface area contributed by atoms with E-state index >= 15 is 0 Å². The Bertz CT molecular complexity index is 716. The summed E-state index contributed by atoms with van der Waals surface area (Å²) in [4.78, 5) is 14.0. The van der Waals surface area contributed by atoms with Crippen molar-refractivity contribution in [2.24, 2.45) is 0 Å². The van der Waals surface area contributed by atoms with E-state index in [4.69, 9.17) is 5.73 Å². The van der Waals surface area contributed by atoms with E-state index in [-0.39, 0.29) is 6.42 Å². The van der Waals surface area contributed by atoms with Crippen molar-refractivity contribution in [3.8, 4) is 11.1 Å². The number of hydrogen-bond donors (Lipinski definition) is 1. The summed E-state index contributed by atoms with van der Waals surface area (Å²) in [5, 5.41) is 0. The first-order valence-corrected chi connectivity index (χ1v) is 7.59. The zero-order valence-corrected chi connectivity index (χ0v) is 12.6. The molecule has 3 rings (SSSR count). The molecular formula is C18H18F2N2O. The zero-order valence-electron chi connectivity index (χ0n) is 12.6. The lowest BCUT2D eigenvalue weighted by atomic mass is 9.96. The van der Waals surface area contributed by atoms with E-state index in [9.17, 15) is 13.6 Å². The van der Waals surface area contributed by atoms with Gasteiger partial charge in [-0.25, -0.2) is 8.78 Å². The maximum absolute atomic E-state index is 13.6. The maximum atomic E-state index is 13.6. The minimum atomic E-state index is -2.82. The smallest absolute Gasteiger partial charge is 0.265 e. The normalized spacial score (nSPS) is 17.0. The van der Waals surface area contributed by atoms with Crippen molar-refractivity contribution in [1.82, 2.24) is 4.90 Å². The molecule has 0 unspecified atom stereocenters. The minimum absolute atomic E-state index is 0.167. The van der Waals surface area contributed by atoms with Crippen LogP contribution >= 0.6 is 0 Å². The molecule has 1 fully saturated rings. The first-order valence-electron chi connectivity index (χ1n) is 7.59. The van der Waals surface area contributed by atoms with Crippen LogP contribution in [-0.2, 0) is 0 Å². The zero-order chi connectivity index (χ0) is 16.4. The standard InChI is InChI=1S/C18H18F2N2O/c19-18(20)10-5-11-22(12-18)17(23)14-8-4-9-15(21)16(14)13-6-2-1-3-7-13/h1-4,6-9H,5,10-12,21H2. The van der Waals surface area contributed by atoms with Gasteiger partial charge < -0.3 is 10.6 Å². The van der Waals surface area contributed by atoms with Crippen LogP contribution in [0.25, 0.3) is 11.1 Å². The number of nitrogens with two attached hydrogens (primary N) is 1. The summed E-state index contributed by atoms with van der Waals surface area (Å²) in [6.45, 7) is -0.188. The van der Waals surface area contributed by atoms with Gasteiger partial charge in [-0.2, -0.15) is 0 Å². The van der Waals surface area contributed by atoms with Crippen molar-refractivity contribution in [2.45, 2.75) is 18.8 Å². The predicted molar refractivity (Wildman–Crippen MR) is 86.4 cm³/mol. The van der Waals surface area contributed by atoms with Gasteiger partial charge in [0.1, 0.15) is 0 Å². The molecule has 0 bridgehead atoms. The Labute approximate surface area is 133 Å². The highest BCUT2D eigenvalue weighted by atomic mass is 19.3. The van der Waals surface area contributed by atoms with Gasteiger partial charge in [0.2, 0.25) is 0 Å². The lowest BCUT2D eigenvalue weighted by Crippen LogP contribution is -2.45. The number of benzene rings is 2. The molecule has 1 aliphatic heterocycles. The molecule has 0 saturated carbocycles. The molecular weight excluding hydrogens is 298 g/mol. The SMILES string of the molecule is Nc1cccc(C(=O)N2CCCC(F)(F)C2)c1-c1ccccc1. The predicted octanol–water partition coefficient (Wildman–Crippen LogP) is 3.81. The average molecular weight is 316 g/mol. The fraction of sp³-hybridized carbons (Fsp3) is 0.278. The van der Waals surface area contributed by atoms with Crippen LogP contribution in [0.5, 0.6) is 0 Å². The lowest BCUT2D eigenvalue weighted by Gasteiger charge is -2.33. The number of hydrogen-bond acceptors (Lipinski definition) is 2. The van der Waals surface area contributed by atoms with Gasteiger partial charge in [0.15, 0.2) is 0 Å². The number of carbonyl (C=O) groups excluding carboxylic acids is 1. The molecule has 0 spiro atoms. The molecule has 1 heterocycles. The molecule has 3 nitrogen and oxygen atoms in total. The average Bonchev–Trinajstić information content (AvgIpc) is 2.54. The van der Waals surface area contributed by atoms with Crippen LogP contribution in [0.4, 0.5) is 14.5 Å². The lowest BCUT2D eigenvalue weighted by molar-refractivity contribution is -0.0560. The quantitative estimate of drug-likeness (QED) is 0.857. The summed E-state index contributed by atoms with van der Waals surface area (Å²) in [5.74, 6) is -3.21. The fourth-order valence-corrected chi connectivity index (χ4v) is 2.98. The summed E-state index contributed by atoms with van der Waals surface area (Å²) >= 11 is 0. The van der Waals surface area contributed by atoms with Gasteiger partial charge in [-0.05, 0) is 24.1 Å². The van der Waals surface area contributed by atoms with Crippen LogP contribution in [0, 0.1) is 0 Å². The third-order valence-electron chi connectivity index (χ3n) is 4.07. The van der Waals surface area contributed by atoms with Crippen LogP contribution in [0.15, 0.2) is 48.5 Å². The summed E-state index contributed by atoms with van der Waals surface area (Å²) in [6.07, 6.45) is 0.140. The molecule has 2 N–H and O–H groups in total. The number of piperidine rings is 1. The van der Waals surface area contributed by atoms with E-state index in [1.54, 1.807) is 18.2 Å². The van der Waals surface area contributed by atoms with Crippen molar-refractivity contribution in [3.05, 3.63) is 54.1 Å². The van der Waals surface area contributed by atoms with Crippen LogP contribution in [0.3, 0.4) is 0 Å². The molecule has 0 aromatic heterocycles. The molecule has 5 heteroatoms. The van der Waals surface area contributed by atoms with E-state index < -0.39 is 18.4 Å². The van der Waals surface area contributed by atoms with E-state index in [1.165, 1.54) is 4.90 Å². The number of nitrogens with zero attached hydrogens (tertiary/aromatic N) is 1. The largest absolute Gasteiger partial charge is 0.398 e. The van der Waals surface area contributed by atoms with Gasteiger partial charge in [-0.1, -0.05) is 36.4 Å². The Hall–Kier alpha value is -2.43. The molecule has 0 atom stereocenters. The first-order chi connectivity index (χ1) is 11.0. The number of nitrogen functional groups attached to an aromatic ring is 1. The molecule has 23 heavy (non-hydrogen) atoms. The van der Waals surface area contributed by atoms with Crippen molar-refractivity contribution in [2.75, 3.05) is 18.8 Å². The third kappa shape index (κ3) is 3.18. The third-order valence-corrected chi connectivity index (χ3v) is 4.07. The highest BCUT2D eigenvalue weighted by Crippen LogP contribution is 2.33. The van der Waals surface area contributed by atoms with Crippen LogP contribution in [0.2, 0.25) is 0 Å². The summed E-state index contributed by atoms with van der Waals surface area (Å²) < 4.78 is 27.2. The van der Waals surface area contributed by atoms with Crippen LogP contribution in [-0.4, -0.2) is 29.8 Å². The van der Waals surface area contributed by atoms with E-state index in [1.807, 2.05) is 30.3 Å². The van der Waals surface area contributed by atoms with Crippen molar-refractivity contribution in [3.63, 3.8) is 0 Å². The summed E-state index contributed by atoms with van der Waals surface area (Å²) in [5.41, 5.74) is 8.30. The summed E-state index contributed by atoms with van der Waals surface area (Å²) in [6, 6.07) is 14.3. The molecule has 1 saturated heterocycles. The van der Waals surface area contributed by atoms with Crippen molar-refractivity contribution in [1.29, 1.82) is 0 Å². The number of carbonyl (C=O) groups is 1. The molecule has 0 radical (unpaired) electrons. The molecule has 120 valence electrons. The number of alkyl halides is 2. The topological polar surface area (TPSA) is 46.3 Å². The second-order valence-electron chi connectivity index (χ2n) is 5.82. The Morgan fingerprint density at radius 1 is 1.09 bits per heavy atom. The highest BCUT2D eigenvalue weighted by molar-refractivity contribution is 6.03. The molecule has 1 aliphatic rings. The van der Waals surface area contributed by atoms with E-state index in [0.717, 1.165) is 5.56 Å². The van der Waals surface area contributed by atoms with Gasteiger partial charge in [0, 0.05) is 29.8 Å². The van der Waals surface area contributed by atoms with Gasteiger partial charge in [-0.3, -0.25) is 4.79 Å². The molecule has 2 aromatic rings. The Kier molecular flexibility index (Phi) is 4.03. The highest BCUT2D eigenvalue weighted by Gasteiger charge is 2.37. The Balaban J connectivity index is 2.00. The van der Waals surface area contributed by atoms with Crippen LogP contribution in [0.1, 0.15) is 23.2 Å². The number of anilines is 1. The van der Waals surface area contributed by atoms with Gasteiger partial charge >= 0.3 is 0 Å². The first kappa shape index (κ1) is 15.5. The van der Waals surface area contributed by atoms with Crippen molar-refractivity contribution >= 4 is 11.6 Å². The Morgan fingerprint density at radius 3 is 2.52 bits per heavy atom. The number of likely N-dealkylation sites (tertiary alicyclic amines) is 1. The molecule has 0 aliphatic carbocycles. The number of rotatable bonds is 2. The van der Waals surface area contributed by atoms with Gasteiger partial charge in [0.25, 0.3) is 11.8 Å². The van der Waals surface area contributed by atoms with Crippen LogP contribution < -0.4 is 5.73 Å². The number of amides is 1.